The number of para-hydroxylation sites is 1. The Labute approximate surface area is 261 Å². The fourth-order valence-electron chi connectivity index (χ4n) is 6.15. The normalized spacial score (nSPS) is 18.1. The van der Waals surface area contributed by atoms with Crippen molar-refractivity contribution in [2.45, 2.75) is 38.3 Å². The number of hydrogen-bond donors (Lipinski definition) is 2. The largest absolute Gasteiger partial charge is 0.457 e. The molecule has 0 spiro atoms. The summed E-state index contributed by atoms with van der Waals surface area (Å²) < 4.78 is 23.1. The highest BCUT2D eigenvalue weighted by Crippen LogP contribution is 2.36. The number of carbonyl (C=O) groups is 1. The SMILES string of the molecule is CC(C)(/C=C(\C#N)C(=O)N1CCC[C@H](n2nc(-c3ccc(Oc4ccccc4)cc3F)c3c(N)ncnc32)C1)N1CCNCC1. The van der Waals surface area contributed by atoms with Crippen LogP contribution in [0, 0.1) is 17.1 Å². The molecule has 2 fully saturated rings. The number of carbonyl (C=O) groups excluding carboxylic acids is 1. The number of hydrogen-bond acceptors (Lipinski definition) is 9. The summed E-state index contributed by atoms with van der Waals surface area (Å²) in [4.78, 5) is 26.3. The van der Waals surface area contributed by atoms with Gasteiger partial charge in [-0.1, -0.05) is 18.2 Å². The van der Waals surface area contributed by atoms with Gasteiger partial charge in [-0.25, -0.2) is 19.0 Å². The van der Waals surface area contributed by atoms with Crippen molar-refractivity contribution in [2.75, 3.05) is 45.0 Å². The number of nitrogens with one attached hydrogen (secondary N) is 1. The third-order valence-corrected chi connectivity index (χ3v) is 8.50. The average molecular weight is 610 g/mol. The summed E-state index contributed by atoms with van der Waals surface area (Å²) in [6, 6.07) is 15.6. The highest BCUT2D eigenvalue weighted by Gasteiger charge is 2.33. The number of amides is 1. The predicted octanol–water partition coefficient (Wildman–Crippen LogP) is 4.30. The molecule has 232 valence electrons. The van der Waals surface area contributed by atoms with Crippen molar-refractivity contribution in [3.8, 4) is 28.8 Å². The van der Waals surface area contributed by atoms with Crippen molar-refractivity contribution < 1.29 is 13.9 Å². The van der Waals surface area contributed by atoms with E-state index in [1.807, 2.05) is 32.0 Å². The minimum absolute atomic E-state index is 0.122. The van der Waals surface area contributed by atoms with E-state index >= 15 is 4.39 Å². The summed E-state index contributed by atoms with van der Waals surface area (Å²) in [6.45, 7) is 8.30. The highest BCUT2D eigenvalue weighted by atomic mass is 19.1. The number of rotatable bonds is 7. The van der Waals surface area contributed by atoms with Gasteiger partial charge in [-0.2, -0.15) is 10.4 Å². The first-order valence-electron chi connectivity index (χ1n) is 15.1. The molecule has 2 aliphatic rings. The van der Waals surface area contributed by atoms with Gasteiger partial charge >= 0.3 is 0 Å². The van der Waals surface area contributed by atoms with Crippen molar-refractivity contribution >= 4 is 22.8 Å². The number of nitrogens with zero attached hydrogens (tertiary/aromatic N) is 7. The van der Waals surface area contributed by atoms with E-state index in [4.69, 9.17) is 15.6 Å². The first-order chi connectivity index (χ1) is 21.7. The van der Waals surface area contributed by atoms with Crippen LogP contribution in [0.15, 0.2) is 66.5 Å². The lowest BCUT2D eigenvalue weighted by Gasteiger charge is -2.39. The Morgan fingerprint density at radius 1 is 1.13 bits per heavy atom. The molecule has 2 aromatic carbocycles. The van der Waals surface area contributed by atoms with Crippen LogP contribution in [0.1, 0.15) is 32.7 Å². The number of piperazine rings is 1. The van der Waals surface area contributed by atoms with Crippen LogP contribution in [0.4, 0.5) is 10.2 Å². The van der Waals surface area contributed by atoms with E-state index in [-0.39, 0.29) is 28.9 Å². The molecule has 1 amide bonds. The lowest BCUT2D eigenvalue weighted by molar-refractivity contribution is -0.128. The highest BCUT2D eigenvalue weighted by molar-refractivity contribution is 5.99. The third-order valence-electron chi connectivity index (χ3n) is 8.50. The number of anilines is 1. The number of nitriles is 1. The van der Waals surface area contributed by atoms with Crippen LogP contribution in [0.3, 0.4) is 0 Å². The van der Waals surface area contributed by atoms with E-state index in [0.29, 0.717) is 54.2 Å². The quantitative estimate of drug-likeness (QED) is 0.232. The summed E-state index contributed by atoms with van der Waals surface area (Å²) in [5, 5.41) is 18.6. The Hall–Kier alpha value is -4.86. The number of piperidine rings is 1. The first-order valence-corrected chi connectivity index (χ1v) is 15.1. The van der Waals surface area contributed by atoms with Crippen LogP contribution in [0.5, 0.6) is 11.5 Å². The van der Waals surface area contributed by atoms with Crippen LogP contribution in [0.25, 0.3) is 22.3 Å². The van der Waals surface area contributed by atoms with Gasteiger partial charge in [0.2, 0.25) is 0 Å². The van der Waals surface area contributed by atoms with Crippen molar-refractivity contribution in [2.24, 2.45) is 0 Å². The van der Waals surface area contributed by atoms with Gasteiger partial charge in [0.05, 0.1) is 11.4 Å². The smallest absolute Gasteiger partial charge is 0.264 e. The fraction of sp³-hybridized carbons (Fsp3) is 0.364. The molecule has 11 nitrogen and oxygen atoms in total. The number of likely N-dealkylation sites (tertiary alicyclic amines) is 1. The first kappa shape index (κ1) is 30.2. The summed E-state index contributed by atoms with van der Waals surface area (Å²) in [6.07, 6.45) is 4.56. The summed E-state index contributed by atoms with van der Waals surface area (Å²) in [5.74, 6) is 0.276. The van der Waals surface area contributed by atoms with Gasteiger partial charge in [0.25, 0.3) is 5.91 Å². The third kappa shape index (κ3) is 6.22. The minimum atomic E-state index is -0.533. The molecule has 4 heterocycles. The van der Waals surface area contributed by atoms with Gasteiger partial charge in [-0.05, 0) is 57.0 Å². The monoisotopic (exact) mass is 609 g/mol. The molecule has 6 rings (SSSR count). The standard InChI is InChI=1S/C33H36FN9O2/c1-33(2,42-15-12-37-13-16-42)18-22(19-35)32(44)41-14-6-7-23(20-41)43-31-28(30(36)38-21-39-31)29(40-43)26-11-10-25(17-27(26)34)45-24-8-4-3-5-9-24/h3-5,8-11,17-18,21,23,37H,6-7,12-16,20H2,1-2H3,(H2,36,38,39)/b22-18+/t23-/m0/s1. The Morgan fingerprint density at radius 2 is 1.91 bits per heavy atom. The second-order valence-corrected chi connectivity index (χ2v) is 11.9. The summed E-state index contributed by atoms with van der Waals surface area (Å²) in [7, 11) is 0. The molecule has 0 saturated carbocycles. The number of ether oxygens (including phenoxy) is 1. The molecule has 45 heavy (non-hydrogen) atoms. The molecule has 4 aromatic rings. The van der Waals surface area contributed by atoms with Crippen LogP contribution in [0.2, 0.25) is 0 Å². The molecule has 1 atom stereocenters. The second-order valence-electron chi connectivity index (χ2n) is 11.9. The van der Waals surface area contributed by atoms with Gasteiger partial charge < -0.3 is 20.7 Å². The topological polar surface area (TPSA) is 138 Å². The van der Waals surface area contributed by atoms with E-state index in [1.165, 1.54) is 12.4 Å². The Morgan fingerprint density at radius 3 is 2.64 bits per heavy atom. The van der Waals surface area contributed by atoms with Crippen molar-refractivity contribution in [1.29, 1.82) is 5.26 Å². The van der Waals surface area contributed by atoms with Crippen LogP contribution >= 0.6 is 0 Å². The van der Waals surface area contributed by atoms with Crippen molar-refractivity contribution in [3.05, 3.63) is 72.3 Å². The maximum atomic E-state index is 15.6. The molecule has 2 aliphatic heterocycles. The number of fused-ring (bicyclic) bond motifs is 1. The molecule has 12 heteroatoms. The van der Waals surface area contributed by atoms with Gasteiger partial charge in [-0.3, -0.25) is 9.69 Å². The number of nitrogen functional groups attached to an aromatic ring is 1. The zero-order valence-corrected chi connectivity index (χ0v) is 25.4. The average Bonchev–Trinajstić information content (AvgIpc) is 3.45. The maximum absolute atomic E-state index is 15.6. The second kappa shape index (κ2) is 12.6. The fourth-order valence-corrected chi connectivity index (χ4v) is 6.15. The van der Waals surface area contributed by atoms with E-state index in [9.17, 15) is 10.1 Å². The Balaban J connectivity index is 1.28. The van der Waals surface area contributed by atoms with E-state index in [0.717, 1.165) is 26.2 Å². The molecule has 0 bridgehead atoms. The number of benzene rings is 2. The molecular weight excluding hydrogens is 573 g/mol. The summed E-state index contributed by atoms with van der Waals surface area (Å²) in [5.41, 5.74) is 6.97. The molecule has 2 saturated heterocycles. The van der Waals surface area contributed by atoms with Gasteiger partial charge in [-0.15, -0.1) is 0 Å². The molecule has 3 N–H and O–H groups in total. The van der Waals surface area contributed by atoms with Crippen LogP contribution < -0.4 is 15.8 Å². The van der Waals surface area contributed by atoms with E-state index in [2.05, 4.69) is 26.3 Å². The van der Waals surface area contributed by atoms with Crippen molar-refractivity contribution in [1.82, 2.24) is 34.9 Å². The van der Waals surface area contributed by atoms with Crippen LogP contribution in [-0.2, 0) is 4.79 Å². The Kier molecular flexibility index (Phi) is 8.47. The zero-order chi connectivity index (χ0) is 31.6. The zero-order valence-electron chi connectivity index (χ0n) is 25.4. The van der Waals surface area contributed by atoms with Crippen molar-refractivity contribution in [3.63, 3.8) is 0 Å². The minimum Gasteiger partial charge on any atom is -0.457 e. The number of halogens is 1. The number of nitrogens with two attached hydrogens (primary N) is 1. The van der Waals surface area contributed by atoms with Gasteiger partial charge in [0.15, 0.2) is 5.65 Å². The lowest BCUT2D eigenvalue weighted by Crippen LogP contribution is -2.53. The molecule has 0 radical (unpaired) electrons. The van der Waals surface area contributed by atoms with Crippen LogP contribution in [-0.4, -0.2) is 80.3 Å². The van der Waals surface area contributed by atoms with E-state index < -0.39 is 11.4 Å². The molecular formula is C33H36FN9O2. The maximum Gasteiger partial charge on any atom is 0.264 e. The molecule has 0 aliphatic carbocycles. The van der Waals surface area contributed by atoms with Gasteiger partial charge in [0, 0.05) is 56.4 Å². The lowest BCUT2D eigenvalue weighted by atomic mass is 9.97. The summed E-state index contributed by atoms with van der Waals surface area (Å²) >= 11 is 0. The number of aromatic nitrogens is 4. The van der Waals surface area contributed by atoms with Gasteiger partial charge in [0.1, 0.15) is 46.8 Å². The predicted molar refractivity (Wildman–Crippen MR) is 169 cm³/mol. The Bertz CT molecular complexity index is 1770. The van der Waals surface area contributed by atoms with E-state index in [1.54, 1.807) is 39.9 Å². The molecule has 2 aromatic heterocycles. The molecule has 0 unspecified atom stereocenters.